The number of carbonyl (C=O) groups is 1. The lowest BCUT2D eigenvalue weighted by molar-refractivity contribution is 0.0620. The van der Waals surface area contributed by atoms with E-state index < -0.39 is 0 Å². The van der Waals surface area contributed by atoms with Gasteiger partial charge in [0.05, 0.1) is 23.7 Å². The molecule has 1 aliphatic heterocycles. The number of aryl methyl sites for hydroxylation is 1. The van der Waals surface area contributed by atoms with Crippen LogP contribution < -0.4 is 15.0 Å². The molecule has 0 aliphatic carbocycles. The lowest BCUT2D eigenvalue weighted by atomic mass is 10.1. The highest BCUT2D eigenvalue weighted by atomic mass is 16.5. The Morgan fingerprint density at radius 1 is 0.892 bits per heavy atom. The van der Waals surface area contributed by atoms with Crippen molar-refractivity contribution in [2.24, 2.45) is 0 Å². The van der Waals surface area contributed by atoms with Crippen molar-refractivity contribution in [3.63, 3.8) is 0 Å². The molecule has 5 rings (SSSR count). The van der Waals surface area contributed by atoms with Crippen molar-refractivity contribution in [3.05, 3.63) is 94.5 Å². The Hall–Kier alpha value is -4.17. The fourth-order valence-electron chi connectivity index (χ4n) is 4.62. The van der Waals surface area contributed by atoms with E-state index in [9.17, 15) is 9.59 Å². The lowest BCUT2D eigenvalue weighted by Gasteiger charge is -2.34. The van der Waals surface area contributed by atoms with Gasteiger partial charge in [-0.25, -0.2) is 4.98 Å². The molecule has 3 aromatic carbocycles. The second kappa shape index (κ2) is 10.8. The van der Waals surface area contributed by atoms with Gasteiger partial charge in [-0.15, -0.1) is 0 Å². The number of benzene rings is 3. The molecule has 8 nitrogen and oxygen atoms in total. The maximum Gasteiger partial charge on any atom is 0.265 e. The van der Waals surface area contributed by atoms with Gasteiger partial charge in [0, 0.05) is 38.3 Å². The fourth-order valence-corrected chi connectivity index (χ4v) is 4.62. The van der Waals surface area contributed by atoms with Crippen LogP contribution in [0.15, 0.2) is 77.6 Å². The van der Waals surface area contributed by atoms with Gasteiger partial charge < -0.3 is 14.4 Å². The van der Waals surface area contributed by atoms with Gasteiger partial charge in [0.15, 0.2) is 0 Å². The van der Waals surface area contributed by atoms with E-state index in [1.54, 1.807) is 29.9 Å². The molecular formula is C29H30N4O4. The minimum absolute atomic E-state index is 0.00129. The van der Waals surface area contributed by atoms with Gasteiger partial charge in [-0.05, 0) is 67.6 Å². The summed E-state index contributed by atoms with van der Waals surface area (Å²) in [6.45, 7) is 6.13. The minimum Gasteiger partial charge on any atom is -0.497 e. The molecule has 190 valence electrons. The first kappa shape index (κ1) is 24.5. The van der Waals surface area contributed by atoms with E-state index in [1.165, 1.54) is 0 Å². The van der Waals surface area contributed by atoms with Gasteiger partial charge in [-0.2, -0.15) is 0 Å². The van der Waals surface area contributed by atoms with Crippen LogP contribution in [0.25, 0.3) is 16.6 Å². The quantitative estimate of drug-likeness (QED) is 0.388. The van der Waals surface area contributed by atoms with Crippen molar-refractivity contribution in [1.29, 1.82) is 0 Å². The number of aromatic nitrogens is 2. The molecule has 1 saturated heterocycles. The average Bonchev–Trinajstić information content (AvgIpc) is 2.94. The molecule has 0 spiro atoms. The standard InChI is InChI=1S/C29H30N4O4/c1-21-30-27-6-4-3-5-26(27)29(35)33(21)23-9-7-22(8-10-23)28(34)32-17-15-31(16-18-32)19-20-37-25-13-11-24(36-2)12-14-25/h3-14H,15-20H2,1-2H3. The third-order valence-corrected chi connectivity index (χ3v) is 6.71. The predicted octanol–water partition coefficient (Wildman–Crippen LogP) is 3.54. The summed E-state index contributed by atoms with van der Waals surface area (Å²) in [6, 6.07) is 22.1. The van der Waals surface area contributed by atoms with Crippen molar-refractivity contribution < 1.29 is 14.3 Å². The van der Waals surface area contributed by atoms with Crippen LogP contribution >= 0.6 is 0 Å². The first-order chi connectivity index (χ1) is 18.0. The van der Waals surface area contributed by atoms with E-state index in [2.05, 4.69) is 9.88 Å². The highest BCUT2D eigenvalue weighted by molar-refractivity contribution is 5.94. The van der Waals surface area contributed by atoms with Gasteiger partial charge in [0.1, 0.15) is 23.9 Å². The maximum atomic E-state index is 13.1. The molecule has 0 unspecified atom stereocenters. The van der Waals surface area contributed by atoms with Crippen LogP contribution in [0, 0.1) is 6.92 Å². The Morgan fingerprint density at radius 2 is 1.57 bits per heavy atom. The fraction of sp³-hybridized carbons (Fsp3) is 0.276. The summed E-state index contributed by atoms with van der Waals surface area (Å²) in [6.07, 6.45) is 0. The van der Waals surface area contributed by atoms with E-state index in [-0.39, 0.29) is 11.5 Å². The van der Waals surface area contributed by atoms with Crippen LogP contribution in [0.1, 0.15) is 16.2 Å². The number of rotatable bonds is 7. The summed E-state index contributed by atoms with van der Waals surface area (Å²) in [4.78, 5) is 34.9. The monoisotopic (exact) mass is 498 g/mol. The average molecular weight is 499 g/mol. The molecule has 8 heteroatoms. The smallest absolute Gasteiger partial charge is 0.265 e. The molecule has 1 aromatic heterocycles. The van der Waals surface area contributed by atoms with Crippen molar-refractivity contribution in [3.8, 4) is 17.2 Å². The molecule has 4 aromatic rings. The van der Waals surface area contributed by atoms with Gasteiger partial charge in [-0.1, -0.05) is 12.1 Å². The third kappa shape index (κ3) is 5.34. The predicted molar refractivity (Wildman–Crippen MR) is 143 cm³/mol. The third-order valence-electron chi connectivity index (χ3n) is 6.71. The van der Waals surface area contributed by atoms with E-state index in [1.807, 2.05) is 66.4 Å². The van der Waals surface area contributed by atoms with Crippen molar-refractivity contribution in [2.75, 3.05) is 46.4 Å². The number of fused-ring (bicyclic) bond motifs is 1. The Kier molecular flexibility index (Phi) is 7.18. The number of ether oxygens (including phenoxy) is 2. The zero-order valence-corrected chi connectivity index (χ0v) is 21.1. The summed E-state index contributed by atoms with van der Waals surface area (Å²) < 4.78 is 12.6. The van der Waals surface area contributed by atoms with E-state index in [0.29, 0.717) is 47.7 Å². The molecule has 0 N–H and O–H groups in total. The molecule has 1 fully saturated rings. The summed E-state index contributed by atoms with van der Waals surface area (Å²) in [5.41, 5.74) is 1.87. The number of hydrogen-bond acceptors (Lipinski definition) is 6. The molecule has 0 bridgehead atoms. The summed E-state index contributed by atoms with van der Waals surface area (Å²) in [5, 5.41) is 0.570. The highest BCUT2D eigenvalue weighted by Gasteiger charge is 2.22. The van der Waals surface area contributed by atoms with Crippen LogP contribution in [0.5, 0.6) is 11.5 Å². The first-order valence-corrected chi connectivity index (χ1v) is 12.4. The largest absolute Gasteiger partial charge is 0.497 e. The SMILES string of the molecule is COc1ccc(OCCN2CCN(C(=O)c3ccc(-n4c(C)nc5ccccc5c4=O)cc3)CC2)cc1. The minimum atomic E-state index is -0.116. The van der Waals surface area contributed by atoms with E-state index in [0.717, 1.165) is 31.1 Å². The van der Waals surface area contributed by atoms with Gasteiger partial charge >= 0.3 is 0 Å². The molecule has 1 aliphatic rings. The summed E-state index contributed by atoms with van der Waals surface area (Å²) in [5.74, 6) is 2.23. The second-order valence-electron chi connectivity index (χ2n) is 9.02. The number of amides is 1. The maximum absolute atomic E-state index is 13.1. The molecule has 0 atom stereocenters. The van der Waals surface area contributed by atoms with Crippen molar-refractivity contribution in [1.82, 2.24) is 19.4 Å². The molecule has 0 saturated carbocycles. The molecule has 1 amide bonds. The number of nitrogens with zero attached hydrogens (tertiary/aromatic N) is 4. The topological polar surface area (TPSA) is 76.9 Å². The van der Waals surface area contributed by atoms with Crippen molar-refractivity contribution >= 4 is 16.8 Å². The molecular weight excluding hydrogens is 468 g/mol. The Balaban J connectivity index is 1.17. The van der Waals surface area contributed by atoms with Crippen molar-refractivity contribution in [2.45, 2.75) is 6.92 Å². The van der Waals surface area contributed by atoms with E-state index in [4.69, 9.17) is 9.47 Å². The number of hydrogen-bond donors (Lipinski definition) is 0. The van der Waals surface area contributed by atoms with Crippen LogP contribution in [0.4, 0.5) is 0 Å². The number of carbonyl (C=O) groups excluding carboxylic acids is 1. The number of para-hydroxylation sites is 1. The molecule has 37 heavy (non-hydrogen) atoms. The Morgan fingerprint density at radius 3 is 2.27 bits per heavy atom. The van der Waals surface area contributed by atoms with Gasteiger partial charge in [0.2, 0.25) is 0 Å². The highest BCUT2D eigenvalue weighted by Crippen LogP contribution is 2.18. The van der Waals surface area contributed by atoms with E-state index >= 15 is 0 Å². The molecule has 2 heterocycles. The Bertz CT molecular complexity index is 1440. The molecule has 0 radical (unpaired) electrons. The summed E-state index contributed by atoms with van der Waals surface area (Å²) >= 11 is 0. The second-order valence-corrected chi connectivity index (χ2v) is 9.02. The zero-order chi connectivity index (χ0) is 25.8. The Labute approximate surface area is 215 Å². The van der Waals surface area contributed by atoms with Crippen LogP contribution in [0.2, 0.25) is 0 Å². The number of piperazine rings is 1. The van der Waals surface area contributed by atoms with Crippen LogP contribution in [0.3, 0.4) is 0 Å². The van der Waals surface area contributed by atoms with Gasteiger partial charge in [-0.3, -0.25) is 19.1 Å². The lowest BCUT2D eigenvalue weighted by Crippen LogP contribution is -2.49. The summed E-state index contributed by atoms with van der Waals surface area (Å²) in [7, 11) is 1.64. The van der Waals surface area contributed by atoms with Gasteiger partial charge in [0.25, 0.3) is 11.5 Å². The van der Waals surface area contributed by atoms with Crippen LogP contribution in [-0.2, 0) is 0 Å². The number of methoxy groups -OCH3 is 1. The first-order valence-electron chi connectivity index (χ1n) is 12.4. The van der Waals surface area contributed by atoms with Crippen LogP contribution in [-0.4, -0.2) is 71.7 Å². The normalized spacial score (nSPS) is 14.1. The zero-order valence-electron chi connectivity index (χ0n) is 21.1.